The van der Waals surface area contributed by atoms with Gasteiger partial charge in [0.05, 0.1) is 6.04 Å². The third-order valence-electron chi connectivity index (χ3n) is 1.90. The first-order valence-corrected chi connectivity index (χ1v) is 4.91. The molecule has 1 aromatic heterocycles. The molecular weight excluding hydrogens is 248 g/mol. The van der Waals surface area contributed by atoms with E-state index in [1.54, 1.807) is 18.3 Å². The van der Waals surface area contributed by atoms with Crippen LogP contribution in [0.1, 0.15) is 16.9 Å². The number of pyridine rings is 1. The Balaban J connectivity index is 2.04. The number of ketones is 1. The number of Topliss-reactive ketones (excluding diaryl/α,β-unsaturated/α-hetero) is 1. The summed E-state index contributed by atoms with van der Waals surface area (Å²) in [6.07, 6.45) is 1.99. The van der Waals surface area contributed by atoms with Crippen molar-refractivity contribution in [1.82, 2.24) is 10.3 Å². The molecule has 0 radical (unpaired) electrons. The van der Waals surface area contributed by atoms with Gasteiger partial charge >= 0.3 is 0 Å². The maximum absolute atomic E-state index is 11.4. The van der Waals surface area contributed by atoms with Crippen molar-refractivity contribution in [3.63, 3.8) is 0 Å². The van der Waals surface area contributed by atoms with E-state index >= 15 is 0 Å². The van der Waals surface area contributed by atoms with E-state index in [-0.39, 0.29) is 17.7 Å². The van der Waals surface area contributed by atoms with Crippen LogP contribution in [0.25, 0.3) is 0 Å². The number of hydrogen-bond donors (Lipinski definition) is 1. The molecule has 1 heterocycles. The molecule has 14 heavy (non-hydrogen) atoms. The normalized spacial score (nSPS) is 19.2. The number of carbonyl (C=O) groups is 2. The lowest BCUT2D eigenvalue weighted by Crippen LogP contribution is -2.27. The average molecular weight is 255 g/mol. The lowest BCUT2D eigenvalue weighted by atomic mass is 10.3. The Morgan fingerprint density at radius 3 is 2.79 bits per heavy atom. The Kier molecular flexibility index (Phi) is 2.33. The summed E-state index contributed by atoms with van der Waals surface area (Å²) in [4.78, 5) is 26.0. The summed E-state index contributed by atoms with van der Waals surface area (Å²) in [5.41, 5.74) is 0.327. The van der Waals surface area contributed by atoms with Crippen LogP contribution in [0.2, 0.25) is 0 Å². The molecule has 1 aliphatic rings. The van der Waals surface area contributed by atoms with Crippen molar-refractivity contribution in [2.45, 2.75) is 12.5 Å². The highest BCUT2D eigenvalue weighted by Crippen LogP contribution is 2.14. The Morgan fingerprint density at radius 2 is 2.29 bits per heavy atom. The molecule has 0 bridgehead atoms. The van der Waals surface area contributed by atoms with E-state index in [0.717, 1.165) is 4.47 Å². The number of hydrogen-bond acceptors (Lipinski definition) is 3. The highest BCUT2D eigenvalue weighted by molar-refractivity contribution is 9.10. The fourth-order valence-corrected chi connectivity index (χ4v) is 1.25. The Hall–Kier alpha value is -1.23. The molecule has 1 aromatic rings. The van der Waals surface area contributed by atoms with Crippen LogP contribution in [-0.4, -0.2) is 22.7 Å². The fraction of sp³-hybridized carbons (Fsp3) is 0.222. The van der Waals surface area contributed by atoms with Gasteiger partial charge in [-0.25, -0.2) is 4.98 Å². The van der Waals surface area contributed by atoms with Gasteiger partial charge in [-0.1, -0.05) is 0 Å². The third-order valence-corrected chi connectivity index (χ3v) is 2.37. The van der Waals surface area contributed by atoms with E-state index in [4.69, 9.17) is 0 Å². The SMILES string of the molecule is O=C(NC1CC1=O)c1ccc(Br)cn1. The summed E-state index contributed by atoms with van der Waals surface area (Å²) in [5.74, 6) is -0.219. The number of carbonyl (C=O) groups excluding carboxylic acids is 2. The third kappa shape index (κ3) is 1.98. The van der Waals surface area contributed by atoms with Gasteiger partial charge in [-0.15, -0.1) is 0 Å². The summed E-state index contributed by atoms with van der Waals surface area (Å²) in [6, 6.07) is 3.05. The summed E-state index contributed by atoms with van der Waals surface area (Å²) in [6.45, 7) is 0. The number of halogens is 1. The molecule has 2 rings (SSSR count). The van der Waals surface area contributed by atoms with Crippen molar-refractivity contribution >= 4 is 27.6 Å². The molecule has 1 saturated carbocycles. The van der Waals surface area contributed by atoms with E-state index < -0.39 is 0 Å². The largest absolute Gasteiger partial charge is 0.340 e. The Morgan fingerprint density at radius 1 is 1.57 bits per heavy atom. The molecule has 0 aromatic carbocycles. The molecule has 0 saturated heterocycles. The van der Waals surface area contributed by atoms with Crippen LogP contribution in [0.5, 0.6) is 0 Å². The number of aromatic nitrogens is 1. The van der Waals surface area contributed by atoms with Crippen LogP contribution in [-0.2, 0) is 4.79 Å². The second-order valence-corrected chi connectivity index (χ2v) is 3.97. The zero-order valence-corrected chi connectivity index (χ0v) is 8.74. The van der Waals surface area contributed by atoms with Crippen molar-refractivity contribution in [2.24, 2.45) is 0 Å². The summed E-state index contributed by atoms with van der Waals surface area (Å²) in [5, 5.41) is 2.57. The minimum Gasteiger partial charge on any atom is -0.340 e. The zero-order valence-electron chi connectivity index (χ0n) is 7.16. The molecule has 4 nitrogen and oxygen atoms in total. The highest BCUT2D eigenvalue weighted by atomic mass is 79.9. The molecule has 1 aliphatic carbocycles. The van der Waals surface area contributed by atoms with Crippen molar-refractivity contribution in [2.75, 3.05) is 0 Å². The molecule has 0 spiro atoms. The van der Waals surface area contributed by atoms with Gasteiger partial charge in [-0.3, -0.25) is 9.59 Å². The minimum absolute atomic E-state index is 0.0791. The van der Waals surface area contributed by atoms with Gasteiger partial charge in [0.15, 0.2) is 5.78 Å². The zero-order chi connectivity index (χ0) is 10.1. The molecular formula is C9H7BrN2O2. The monoisotopic (exact) mass is 254 g/mol. The van der Waals surface area contributed by atoms with Crippen molar-refractivity contribution in [1.29, 1.82) is 0 Å². The van der Waals surface area contributed by atoms with E-state index in [1.807, 2.05) is 0 Å². The van der Waals surface area contributed by atoms with Crippen molar-refractivity contribution in [3.8, 4) is 0 Å². The predicted octanol–water partition coefficient (Wildman–Crippen LogP) is 0.915. The van der Waals surface area contributed by atoms with Crippen LogP contribution < -0.4 is 5.32 Å². The predicted molar refractivity (Wildman–Crippen MR) is 52.8 cm³/mol. The first kappa shape index (κ1) is 9.33. The van der Waals surface area contributed by atoms with E-state index in [9.17, 15) is 9.59 Å². The Labute approximate surface area is 88.8 Å². The van der Waals surface area contributed by atoms with Gasteiger partial charge in [0.2, 0.25) is 0 Å². The number of nitrogens with zero attached hydrogens (tertiary/aromatic N) is 1. The maximum atomic E-state index is 11.4. The lowest BCUT2D eigenvalue weighted by molar-refractivity contribution is -0.110. The topological polar surface area (TPSA) is 59.1 Å². The first-order valence-electron chi connectivity index (χ1n) is 4.12. The van der Waals surface area contributed by atoms with Gasteiger partial charge in [-0.2, -0.15) is 0 Å². The van der Waals surface area contributed by atoms with Crippen molar-refractivity contribution < 1.29 is 9.59 Å². The van der Waals surface area contributed by atoms with Crippen LogP contribution >= 0.6 is 15.9 Å². The summed E-state index contributed by atoms with van der Waals surface area (Å²) in [7, 11) is 0. The molecule has 1 atom stereocenters. The van der Waals surface area contributed by atoms with E-state index in [1.165, 1.54) is 0 Å². The van der Waals surface area contributed by atoms with Gasteiger partial charge in [0.25, 0.3) is 5.91 Å². The Bertz CT molecular complexity index is 388. The highest BCUT2D eigenvalue weighted by Gasteiger charge is 2.36. The standard InChI is InChI=1S/C9H7BrN2O2/c10-5-1-2-6(11-4-5)9(14)12-7-3-8(7)13/h1-2,4,7H,3H2,(H,12,14). The smallest absolute Gasteiger partial charge is 0.270 e. The summed E-state index contributed by atoms with van der Waals surface area (Å²) < 4.78 is 0.816. The van der Waals surface area contributed by atoms with Gasteiger partial charge in [0.1, 0.15) is 5.69 Å². The van der Waals surface area contributed by atoms with Crippen LogP contribution in [0.15, 0.2) is 22.8 Å². The maximum Gasteiger partial charge on any atom is 0.270 e. The van der Waals surface area contributed by atoms with Crippen LogP contribution in [0.3, 0.4) is 0 Å². The second-order valence-electron chi connectivity index (χ2n) is 3.06. The molecule has 72 valence electrons. The molecule has 5 heteroatoms. The second kappa shape index (κ2) is 3.49. The fourth-order valence-electron chi connectivity index (χ4n) is 1.02. The summed E-state index contributed by atoms with van der Waals surface area (Å²) >= 11 is 3.22. The van der Waals surface area contributed by atoms with Gasteiger partial charge in [0, 0.05) is 17.1 Å². The van der Waals surface area contributed by atoms with Crippen LogP contribution in [0, 0.1) is 0 Å². The van der Waals surface area contributed by atoms with Gasteiger partial charge < -0.3 is 5.32 Å². The molecule has 1 N–H and O–H groups in total. The molecule has 1 fully saturated rings. The van der Waals surface area contributed by atoms with Crippen LogP contribution in [0.4, 0.5) is 0 Å². The average Bonchev–Trinajstić information content (AvgIpc) is 2.82. The van der Waals surface area contributed by atoms with Gasteiger partial charge in [-0.05, 0) is 28.1 Å². The first-order chi connectivity index (χ1) is 6.66. The number of rotatable bonds is 2. The molecule has 0 aliphatic heterocycles. The van der Waals surface area contributed by atoms with Crippen molar-refractivity contribution in [3.05, 3.63) is 28.5 Å². The van der Waals surface area contributed by atoms with E-state index in [2.05, 4.69) is 26.2 Å². The number of amides is 1. The quantitative estimate of drug-likeness (QED) is 0.854. The molecule has 1 unspecified atom stereocenters. The minimum atomic E-state index is -0.298. The number of nitrogens with one attached hydrogen (secondary N) is 1. The molecule has 1 amide bonds. The van der Waals surface area contributed by atoms with E-state index in [0.29, 0.717) is 12.1 Å². The lowest BCUT2D eigenvalue weighted by Gasteiger charge is -2.00.